The van der Waals surface area contributed by atoms with Crippen molar-refractivity contribution in [1.82, 2.24) is 0 Å². The van der Waals surface area contributed by atoms with Crippen LogP contribution in [0.4, 0.5) is 4.39 Å². The minimum absolute atomic E-state index is 0.0590. The molecule has 0 amide bonds. The monoisotopic (exact) mass is 304 g/mol. The van der Waals surface area contributed by atoms with Crippen LogP contribution in [0, 0.1) is 5.82 Å². The van der Waals surface area contributed by atoms with Crippen LogP contribution in [0.15, 0.2) is 42.5 Å². The van der Waals surface area contributed by atoms with Crippen molar-refractivity contribution in [3.63, 3.8) is 0 Å². The van der Waals surface area contributed by atoms with Crippen LogP contribution in [0.3, 0.4) is 0 Å². The van der Waals surface area contributed by atoms with Gasteiger partial charge in [-0.2, -0.15) is 0 Å². The average molecular weight is 304 g/mol. The number of ether oxygens (including phenoxy) is 2. The lowest BCUT2D eigenvalue weighted by molar-refractivity contribution is 0.0688. The van der Waals surface area contributed by atoms with E-state index in [1.807, 2.05) is 0 Å². The van der Waals surface area contributed by atoms with Gasteiger partial charge in [0, 0.05) is 5.56 Å². The summed E-state index contributed by atoms with van der Waals surface area (Å²) in [5.41, 5.74) is 0.179. The Balaban J connectivity index is 2.12. The summed E-state index contributed by atoms with van der Waals surface area (Å²) in [5.74, 6) is -1.59. The first-order valence-electron chi connectivity index (χ1n) is 6.34. The van der Waals surface area contributed by atoms with Crippen LogP contribution in [0.1, 0.15) is 20.7 Å². The molecule has 0 aliphatic rings. The van der Waals surface area contributed by atoms with Crippen LogP contribution in [0.5, 0.6) is 11.5 Å². The van der Waals surface area contributed by atoms with Crippen molar-refractivity contribution in [3.8, 4) is 11.5 Å². The normalized spacial score (nSPS) is 10.1. The van der Waals surface area contributed by atoms with Crippen molar-refractivity contribution in [2.75, 3.05) is 13.7 Å². The van der Waals surface area contributed by atoms with E-state index in [1.165, 1.54) is 49.6 Å². The molecule has 0 atom stereocenters. The topological polar surface area (TPSA) is 72.8 Å². The minimum atomic E-state index is -1.19. The Labute approximate surface area is 125 Å². The van der Waals surface area contributed by atoms with Crippen molar-refractivity contribution in [2.24, 2.45) is 0 Å². The second kappa shape index (κ2) is 6.71. The smallest absolute Gasteiger partial charge is 0.339 e. The summed E-state index contributed by atoms with van der Waals surface area (Å²) in [7, 11) is 1.42. The largest absolute Gasteiger partial charge is 0.497 e. The molecule has 0 spiro atoms. The van der Waals surface area contributed by atoms with E-state index in [2.05, 4.69) is 0 Å². The molecule has 0 bridgehead atoms. The fraction of sp³-hybridized carbons (Fsp3) is 0.125. The molecule has 114 valence electrons. The molecule has 2 rings (SSSR count). The van der Waals surface area contributed by atoms with E-state index in [1.54, 1.807) is 0 Å². The van der Waals surface area contributed by atoms with E-state index in [0.29, 0.717) is 5.75 Å². The molecule has 1 N–H and O–H groups in total. The van der Waals surface area contributed by atoms with E-state index in [4.69, 9.17) is 14.6 Å². The fourth-order valence-electron chi connectivity index (χ4n) is 1.79. The van der Waals surface area contributed by atoms with Crippen molar-refractivity contribution in [3.05, 3.63) is 59.4 Å². The summed E-state index contributed by atoms with van der Waals surface area (Å²) in [6, 6.07) is 9.28. The van der Waals surface area contributed by atoms with Gasteiger partial charge in [-0.1, -0.05) is 0 Å². The number of carbonyl (C=O) groups excluding carboxylic acids is 1. The van der Waals surface area contributed by atoms with Crippen LogP contribution < -0.4 is 9.47 Å². The highest BCUT2D eigenvalue weighted by atomic mass is 19.1. The maximum atomic E-state index is 12.8. The first-order chi connectivity index (χ1) is 10.5. The van der Waals surface area contributed by atoms with Gasteiger partial charge >= 0.3 is 5.97 Å². The summed E-state index contributed by atoms with van der Waals surface area (Å²) >= 11 is 0. The highest BCUT2D eigenvalue weighted by Crippen LogP contribution is 2.24. The molecule has 0 unspecified atom stereocenters. The number of carboxylic acids is 1. The summed E-state index contributed by atoms with van der Waals surface area (Å²) in [4.78, 5) is 23.1. The highest BCUT2D eigenvalue weighted by molar-refractivity contribution is 5.97. The molecule has 0 heterocycles. The number of ketones is 1. The lowest BCUT2D eigenvalue weighted by atomic mass is 10.1. The van der Waals surface area contributed by atoms with Crippen LogP contribution >= 0.6 is 0 Å². The number of methoxy groups -OCH3 is 1. The van der Waals surface area contributed by atoms with Crippen LogP contribution in [-0.4, -0.2) is 30.6 Å². The van der Waals surface area contributed by atoms with E-state index in [0.717, 1.165) is 0 Å². The third kappa shape index (κ3) is 3.60. The zero-order chi connectivity index (χ0) is 16.1. The number of Topliss-reactive ketones (excluding diaryl/α,β-unsaturated/α-hetero) is 1. The number of carboxylic acid groups (broad SMARTS) is 1. The van der Waals surface area contributed by atoms with Crippen LogP contribution in [0.2, 0.25) is 0 Å². The SMILES string of the molecule is COc1ccc(OCC(=O)c2ccc(F)cc2)c(C(=O)O)c1. The van der Waals surface area contributed by atoms with Crippen LogP contribution in [-0.2, 0) is 0 Å². The third-order valence-electron chi connectivity index (χ3n) is 2.94. The second-order valence-corrected chi connectivity index (χ2v) is 4.39. The number of rotatable bonds is 6. The molecule has 2 aromatic rings. The first kappa shape index (κ1) is 15.5. The molecule has 0 saturated carbocycles. The molecular formula is C16H13FO5. The van der Waals surface area contributed by atoms with Gasteiger partial charge in [0.2, 0.25) is 0 Å². The molecular weight excluding hydrogens is 291 g/mol. The molecule has 0 radical (unpaired) electrons. The number of benzene rings is 2. The molecule has 2 aromatic carbocycles. The summed E-state index contributed by atoms with van der Waals surface area (Å²) < 4.78 is 23.0. The van der Waals surface area contributed by atoms with Gasteiger partial charge in [-0.25, -0.2) is 9.18 Å². The van der Waals surface area contributed by atoms with E-state index in [9.17, 15) is 14.0 Å². The molecule has 0 aliphatic heterocycles. The van der Waals surface area contributed by atoms with Crippen molar-refractivity contribution in [2.45, 2.75) is 0 Å². The number of aromatic carboxylic acids is 1. The maximum Gasteiger partial charge on any atom is 0.339 e. The number of hydrogen-bond acceptors (Lipinski definition) is 4. The van der Waals surface area contributed by atoms with Gasteiger partial charge in [0.25, 0.3) is 0 Å². The van der Waals surface area contributed by atoms with E-state index >= 15 is 0 Å². The zero-order valence-corrected chi connectivity index (χ0v) is 11.7. The van der Waals surface area contributed by atoms with Gasteiger partial charge < -0.3 is 14.6 Å². The summed E-state index contributed by atoms with van der Waals surface area (Å²) in [5, 5.41) is 9.14. The van der Waals surface area contributed by atoms with Crippen molar-refractivity contribution < 1.29 is 28.6 Å². The Morgan fingerprint density at radius 3 is 2.41 bits per heavy atom. The fourth-order valence-corrected chi connectivity index (χ4v) is 1.79. The Hall–Kier alpha value is -2.89. The van der Waals surface area contributed by atoms with Gasteiger partial charge in [0.15, 0.2) is 12.4 Å². The van der Waals surface area contributed by atoms with Gasteiger partial charge in [-0.05, 0) is 42.5 Å². The maximum absolute atomic E-state index is 12.8. The lowest BCUT2D eigenvalue weighted by Gasteiger charge is -2.10. The van der Waals surface area contributed by atoms with Gasteiger partial charge in [0.05, 0.1) is 7.11 Å². The Morgan fingerprint density at radius 1 is 1.14 bits per heavy atom. The number of halogens is 1. The molecule has 22 heavy (non-hydrogen) atoms. The number of carbonyl (C=O) groups is 2. The van der Waals surface area contributed by atoms with Gasteiger partial charge in [-0.15, -0.1) is 0 Å². The average Bonchev–Trinajstić information content (AvgIpc) is 2.53. The van der Waals surface area contributed by atoms with E-state index in [-0.39, 0.29) is 29.3 Å². The Bertz CT molecular complexity index is 694. The highest BCUT2D eigenvalue weighted by Gasteiger charge is 2.15. The molecule has 0 aliphatic carbocycles. The Kier molecular flexibility index (Phi) is 4.73. The molecule has 0 aromatic heterocycles. The van der Waals surface area contributed by atoms with E-state index < -0.39 is 11.8 Å². The molecule has 0 saturated heterocycles. The lowest BCUT2D eigenvalue weighted by Crippen LogP contribution is -2.13. The second-order valence-electron chi connectivity index (χ2n) is 4.39. The quantitative estimate of drug-likeness (QED) is 0.831. The zero-order valence-electron chi connectivity index (χ0n) is 11.7. The summed E-state index contributed by atoms with van der Waals surface area (Å²) in [6.45, 7) is -0.349. The summed E-state index contributed by atoms with van der Waals surface area (Å²) in [6.07, 6.45) is 0. The van der Waals surface area contributed by atoms with Gasteiger partial charge in [-0.3, -0.25) is 4.79 Å². The van der Waals surface area contributed by atoms with Gasteiger partial charge in [0.1, 0.15) is 22.9 Å². The number of hydrogen-bond donors (Lipinski definition) is 1. The third-order valence-corrected chi connectivity index (χ3v) is 2.94. The minimum Gasteiger partial charge on any atom is -0.497 e. The molecule has 0 fully saturated rings. The van der Waals surface area contributed by atoms with Crippen LogP contribution in [0.25, 0.3) is 0 Å². The standard InChI is InChI=1S/C16H13FO5/c1-21-12-6-7-15(13(8-12)16(19)20)22-9-14(18)10-2-4-11(17)5-3-10/h2-8H,9H2,1H3,(H,19,20). The predicted octanol–water partition coefficient (Wildman–Crippen LogP) is 2.79. The first-order valence-corrected chi connectivity index (χ1v) is 6.34. The predicted molar refractivity (Wildman–Crippen MR) is 76.2 cm³/mol. The van der Waals surface area contributed by atoms with Crippen molar-refractivity contribution >= 4 is 11.8 Å². The molecule has 6 heteroatoms. The molecule has 5 nitrogen and oxygen atoms in total. The van der Waals surface area contributed by atoms with Crippen molar-refractivity contribution in [1.29, 1.82) is 0 Å². The Morgan fingerprint density at radius 2 is 1.82 bits per heavy atom.